The number of amides is 1. The van der Waals surface area contributed by atoms with E-state index in [9.17, 15) is 13.2 Å². The Hall–Kier alpha value is -2.38. The van der Waals surface area contributed by atoms with E-state index in [1.54, 1.807) is 19.1 Å². The molecule has 0 bridgehead atoms. The number of methoxy groups -OCH3 is 1. The van der Waals surface area contributed by atoms with E-state index in [0.29, 0.717) is 42.3 Å². The minimum Gasteiger partial charge on any atom is -0.497 e. The highest BCUT2D eigenvalue weighted by Gasteiger charge is 2.40. The lowest BCUT2D eigenvalue weighted by atomic mass is 10.0. The van der Waals surface area contributed by atoms with E-state index in [-0.39, 0.29) is 10.8 Å². The van der Waals surface area contributed by atoms with Crippen LogP contribution in [-0.2, 0) is 14.8 Å². The fourth-order valence-corrected chi connectivity index (χ4v) is 5.48. The maximum absolute atomic E-state index is 13.3. The SMILES string of the molecule is COc1ccc(C)c(S(=O)(=O)N2CCCC2C(=O)Nc2ccc(C(C)C)cc2)c1. The first kappa shape index (κ1) is 21.3. The van der Waals surface area contributed by atoms with Crippen LogP contribution in [0, 0.1) is 6.92 Å². The van der Waals surface area contributed by atoms with Crippen LogP contribution in [0.3, 0.4) is 0 Å². The van der Waals surface area contributed by atoms with Gasteiger partial charge in [0.1, 0.15) is 11.8 Å². The normalized spacial score (nSPS) is 17.5. The molecule has 0 radical (unpaired) electrons. The lowest BCUT2D eigenvalue weighted by Gasteiger charge is -2.24. The van der Waals surface area contributed by atoms with Gasteiger partial charge in [-0.1, -0.05) is 32.0 Å². The third kappa shape index (κ3) is 4.46. The van der Waals surface area contributed by atoms with Gasteiger partial charge in [0, 0.05) is 18.3 Å². The average molecular weight is 417 g/mol. The highest BCUT2D eigenvalue weighted by molar-refractivity contribution is 7.89. The van der Waals surface area contributed by atoms with Crippen molar-refractivity contribution in [3.05, 3.63) is 53.6 Å². The number of ether oxygens (including phenoxy) is 1. The number of hydrogen-bond donors (Lipinski definition) is 1. The fourth-order valence-electron chi connectivity index (χ4n) is 3.58. The summed E-state index contributed by atoms with van der Waals surface area (Å²) >= 11 is 0. The first-order valence-corrected chi connectivity index (χ1v) is 11.3. The zero-order chi connectivity index (χ0) is 21.2. The lowest BCUT2D eigenvalue weighted by molar-refractivity contribution is -0.119. The first-order chi connectivity index (χ1) is 13.7. The fraction of sp³-hybridized carbons (Fsp3) is 0.409. The molecule has 3 rings (SSSR count). The van der Waals surface area contributed by atoms with Gasteiger partial charge in [-0.3, -0.25) is 4.79 Å². The van der Waals surface area contributed by atoms with Gasteiger partial charge in [0.05, 0.1) is 12.0 Å². The Kier molecular flexibility index (Phi) is 6.29. The monoisotopic (exact) mass is 416 g/mol. The second-order valence-corrected chi connectivity index (χ2v) is 9.53. The molecular formula is C22H28N2O4S. The molecule has 1 saturated heterocycles. The smallest absolute Gasteiger partial charge is 0.244 e. The van der Waals surface area contributed by atoms with Gasteiger partial charge < -0.3 is 10.1 Å². The Morgan fingerprint density at radius 2 is 1.86 bits per heavy atom. The molecule has 0 spiro atoms. The number of carbonyl (C=O) groups is 1. The number of nitrogens with zero attached hydrogens (tertiary/aromatic N) is 1. The predicted molar refractivity (Wildman–Crippen MR) is 114 cm³/mol. The van der Waals surface area contributed by atoms with Gasteiger partial charge in [-0.2, -0.15) is 4.31 Å². The maximum Gasteiger partial charge on any atom is 0.244 e. The molecule has 29 heavy (non-hydrogen) atoms. The number of aryl methyl sites for hydroxylation is 1. The zero-order valence-electron chi connectivity index (χ0n) is 17.3. The van der Waals surface area contributed by atoms with Crippen molar-refractivity contribution in [2.24, 2.45) is 0 Å². The number of nitrogens with one attached hydrogen (secondary N) is 1. The van der Waals surface area contributed by atoms with Gasteiger partial charge in [0.15, 0.2) is 0 Å². The number of carbonyl (C=O) groups excluding carboxylic acids is 1. The molecule has 1 atom stereocenters. The topological polar surface area (TPSA) is 75.7 Å². The number of anilines is 1. The number of sulfonamides is 1. The molecule has 156 valence electrons. The highest BCUT2D eigenvalue weighted by Crippen LogP contribution is 2.30. The minimum absolute atomic E-state index is 0.179. The van der Waals surface area contributed by atoms with E-state index in [1.807, 2.05) is 24.3 Å². The quantitative estimate of drug-likeness (QED) is 0.774. The van der Waals surface area contributed by atoms with Crippen LogP contribution in [0.5, 0.6) is 5.75 Å². The maximum atomic E-state index is 13.3. The van der Waals surface area contributed by atoms with Crippen molar-refractivity contribution in [1.29, 1.82) is 0 Å². The lowest BCUT2D eigenvalue weighted by Crippen LogP contribution is -2.43. The molecule has 6 nitrogen and oxygen atoms in total. The molecule has 1 aliphatic rings. The molecule has 1 fully saturated rings. The van der Waals surface area contributed by atoms with Crippen molar-refractivity contribution in [2.75, 3.05) is 19.0 Å². The predicted octanol–water partition coefficient (Wildman–Crippen LogP) is 3.92. The molecule has 0 aliphatic carbocycles. The third-order valence-corrected chi connectivity index (χ3v) is 7.38. The van der Waals surface area contributed by atoms with Crippen LogP contribution in [0.15, 0.2) is 47.4 Å². The standard InChI is InChI=1S/C22H28N2O4S/c1-15(2)17-8-10-18(11-9-17)23-22(25)20-6-5-13-24(20)29(26,27)21-14-19(28-4)12-7-16(21)3/h7-12,14-15,20H,5-6,13H2,1-4H3,(H,23,25). The van der Waals surface area contributed by atoms with Crippen LogP contribution in [0.2, 0.25) is 0 Å². The zero-order valence-corrected chi connectivity index (χ0v) is 18.1. The molecule has 1 amide bonds. The van der Waals surface area contributed by atoms with Gasteiger partial charge in [0.2, 0.25) is 15.9 Å². The summed E-state index contributed by atoms with van der Waals surface area (Å²) in [6, 6.07) is 11.9. The molecule has 1 N–H and O–H groups in total. The van der Waals surface area contributed by atoms with Gasteiger partial charge in [-0.25, -0.2) is 8.42 Å². The van der Waals surface area contributed by atoms with Gasteiger partial charge in [-0.15, -0.1) is 0 Å². The third-order valence-electron chi connectivity index (χ3n) is 5.33. The van der Waals surface area contributed by atoms with Crippen LogP contribution in [-0.4, -0.2) is 38.3 Å². The summed E-state index contributed by atoms with van der Waals surface area (Å²) in [6.07, 6.45) is 1.14. The highest BCUT2D eigenvalue weighted by atomic mass is 32.2. The summed E-state index contributed by atoms with van der Waals surface area (Å²) in [5.41, 5.74) is 2.48. The molecule has 1 heterocycles. The van der Waals surface area contributed by atoms with E-state index in [1.165, 1.54) is 23.0 Å². The number of hydrogen-bond acceptors (Lipinski definition) is 4. The number of rotatable bonds is 6. The molecule has 1 aliphatic heterocycles. The van der Waals surface area contributed by atoms with Crippen LogP contribution in [0.1, 0.15) is 43.7 Å². The van der Waals surface area contributed by atoms with E-state index >= 15 is 0 Å². The molecule has 0 saturated carbocycles. The van der Waals surface area contributed by atoms with Crippen LogP contribution < -0.4 is 10.1 Å². The summed E-state index contributed by atoms with van der Waals surface area (Å²) in [5, 5.41) is 2.87. The van der Waals surface area contributed by atoms with Gasteiger partial charge in [-0.05, 0) is 55.0 Å². The van der Waals surface area contributed by atoms with Crippen LogP contribution in [0.4, 0.5) is 5.69 Å². The molecule has 2 aromatic rings. The van der Waals surface area contributed by atoms with E-state index in [4.69, 9.17) is 4.74 Å². The minimum atomic E-state index is -3.81. The Labute approximate surface area is 172 Å². The molecule has 1 unspecified atom stereocenters. The van der Waals surface area contributed by atoms with Gasteiger partial charge in [0.25, 0.3) is 0 Å². The Balaban J connectivity index is 1.82. The second-order valence-electron chi connectivity index (χ2n) is 7.67. The molecule has 7 heteroatoms. The summed E-state index contributed by atoms with van der Waals surface area (Å²) < 4.78 is 33.1. The van der Waals surface area contributed by atoms with Gasteiger partial charge >= 0.3 is 0 Å². The van der Waals surface area contributed by atoms with Crippen molar-refractivity contribution in [2.45, 2.75) is 50.5 Å². The van der Waals surface area contributed by atoms with E-state index in [0.717, 1.165) is 0 Å². The molecule has 0 aromatic heterocycles. The van der Waals surface area contributed by atoms with Crippen molar-refractivity contribution in [1.82, 2.24) is 4.31 Å². The summed E-state index contributed by atoms with van der Waals surface area (Å²) in [4.78, 5) is 13.1. The van der Waals surface area contributed by atoms with Crippen molar-refractivity contribution >= 4 is 21.6 Å². The Bertz CT molecular complexity index is 984. The van der Waals surface area contributed by atoms with Crippen LogP contribution in [0.25, 0.3) is 0 Å². The van der Waals surface area contributed by atoms with E-state index in [2.05, 4.69) is 19.2 Å². The summed E-state index contributed by atoms with van der Waals surface area (Å²) in [6.45, 7) is 6.28. The van der Waals surface area contributed by atoms with Crippen LogP contribution >= 0.6 is 0 Å². The summed E-state index contributed by atoms with van der Waals surface area (Å²) in [7, 11) is -2.32. The average Bonchev–Trinajstić information content (AvgIpc) is 3.19. The van der Waals surface area contributed by atoms with Crippen molar-refractivity contribution in [3.8, 4) is 5.75 Å². The van der Waals surface area contributed by atoms with Crippen molar-refractivity contribution in [3.63, 3.8) is 0 Å². The van der Waals surface area contributed by atoms with Crippen molar-refractivity contribution < 1.29 is 17.9 Å². The molecule has 2 aromatic carbocycles. The van der Waals surface area contributed by atoms with E-state index < -0.39 is 16.1 Å². The first-order valence-electron chi connectivity index (χ1n) is 9.81. The number of benzene rings is 2. The second kappa shape index (κ2) is 8.55. The summed E-state index contributed by atoms with van der Waals surface area (Å²) in [5.74, 6) is 0.574. The largest absolute Gasteiger partial charge is 0.497 e. The Morgan fingerprint density at radius 3 is 2.48 bits per heavy atom. The Morgan fingerprint density at radius 1 is 1.17 bits per heavy atom. The molecular weight excluding hydrogens is 388 g/mol.